The maximum absolute atomic E-state index is 11.7. The third kappa shape index (κ3) is 6.46. The van der Waals surface area contributed by atoms with Crippen LogP contribution in [0.1, 0.15) is 12.5 Å². The van der Waals surface area contributed by atoms with E-state index in [2.05, 4.69) is 4.74 Å². The van der Waals surface area contributed by atoms with E-state index < -0.39 is 13.0 Å². The van der Waals surface area contributed by atoms with E-state index in [0.717, 1.165) is 12.0 Å². The van der Waals surface area contributed by atoms with Crippen LogP contribution in [0.3, 0.4) is 0 Å². The van der Waals surface area contributed by atoms with Gasteiger partial charge in [0.05, 0.1) is 6.61 Å². The predicted molar refractivity (Wildman–Crippen MR) is 61.3 cm³/mol. The van der Waals surface area contributed by atoms with E-state index in [1.807, 2.05) is 19.1 Å². The van der Waals surface area contributed by atoms with Crippen LogP contribution in [0.4, 0.5) is 13.2 Å². The molecule has 0 radical (unpaired) electrons. The number of alkyl halides is 3. The second-order valence-electron chi connectivity index (χ2n) is 3.97. The van der Waals surface area contributed by atoms with Gasteiger partial charge in [-0.1, -0.05) is 12.1 Å². The Hall–Kier alpha value is -1.27. The minimum Gasteiger partial charge on any atom is -0.491 e. The number of halogens is 3. The summed E-state index contributed by atoms with van der Waals surface area (Å²) in [5.41, 5.74) is 6.71. The van der Waals surface area contributed by atoms with Crippen molar-refractivity contribution in [1.82, 2.24) is 0 Å². The first kappa shape index (κ1) is 14.8. The Morgan fingerprint density at radius 3 is 2.28 bits per heavy atom. The summed E-state index contributed by atoms with van der Waals surface area (Å²) in [5.74, 6) is 0.509. The van der Waals surface area contributed by atoms with Crippen molar-refractivity contribution in [2.45, 2.75) is 25.7 Å². The van der Waals surface area contributed by atoms with Gasteiger partial charge in [-0.05, 0) is 31.0 Å². The van der Waals surface area contributed by atoms with Crippen LogP contribution >= 0.6 is 0 Å². The Morgan fingerprint density at radius 1 is 1.17 bits per heavy atom. The summed E-state index contributed by atoms with van der Waals surface area (Å²) in [6.45, 7) is 1.23. The molecule has 0 fully saturated rings. The molecular formula is C12H16F3NO2. The van der Waals surface area contributed by atoms with Crippen molar-refractivity contribution in [3.05, 3.63) is 29.8 Å². The van der Waals surface area contributed by atoms with Crippen LogP contribution < -0.4 is 10.5 Å². The van der Waals surface area contributed by atoms with Gasteiger partial charge in [0.25, 0.3) is 0 Å². The van der Waals surface area contributed by atoms with Gasteiger partial charge in [-0.2, -0.15) is 0 Å². The Labute approximate surface area is 104 Å². The summed E-state index contributed by atoms with van der Waals surface area (Å²) in [5, 5.41) is 0. The van der Waals surface area contributed by atoms with Crippen LogP contribution in [0.5, 0.6) is 5.75 Å². The van der Waals surface area contributed by atoms with Gasteiger partial charge in [0.2, 0.25) is 0 Å². The highest BCUT2D eigenvalue weighted by molar-refractivity contribution is 5.27. The van der Waals surface area contributed by atoms with Crippen LogP contribution in [-0.4, -0.2) is 25.6 Å². The first-order valence-electron chi connectivity index (χ1n) is 5.55. The summed E-state index contributed by atoms with van der Waals surface area (Å²) in [4.78, 5) is 0. The van der Waals surface area contributed by atoms with Gasteiger partial charge < -0.3 is 10.5 Å². The van der Waals surface area contributed by atoms with E-state index in [-0.39, 0.29) is 12.6 Å². The van der Waals surface area contributed by atoms with Gasteiger partial charge >= 0.3 is 6.36 Å². The van der Waals surface area contributed by atoms with Crippen LogP contribution in [0.2, 0.25) is 0 Å². The van der Waals surface area contributed by atoms with Gasteiger partial charge in [-0.3, -0.25) is 4.74 Å². The second-order valence-corrected chi connectivity index (χ2v) is 3.97. The zero-order valence-corrected chi connectivity index (χ0v) is 10.0. The molecule has 2 N–H and O–H groups in total. The SMILES string of the molecule is CC(N)Cc1ccc(OCCOC(F)(F)F)cc1. The van der Waals surface area contributed by atoms with Crippen molar-refractivity contribution in [3.8, 4) is 5.75 Å². The number of benzene rings is 1. The maximum Gasteiger partial charge on any atom is 0.522 e. The van der Waals surface area contributed by atoms with Crippen molar-refractivity contribution in [2.75, 3.05) is 13.2 Å². The molecule has 0 aliphatic carbocycles. The Kier molecular flexibility index (Phi) is 5.43. The molecule has 1 atom stereocenters. The van der Waals surface area contributed by atoms with Gasteiger partial charge in [-0.25, -0.2) is 0 Å². The fraction of sp³-hybridized carbons (Fsp3) is 0.500. The molecule has 6 heteroatoms. The lowest BCUT2D eigenvalue weighted by Gasteiger charge is -2.10. The van der Waals surface area contributed by atoms with E-state index in [0.29, 0.717) is 5.75 Å². The van der Waals surface area contributed by atoms with E-state index in [4.69, 9.17) is 10.5 Å². The minimum atomic E-state index is -4.61. The first-order chi connectivity index (χ1) is 8.37. The molecule has 102 valence electrons. The molecule has 0 aliphatic heterocycles. The van der Waals surface area contributed by atoms with Gasteiger partial charge in [0.1, 0.15) is 12.4 Å². The zero-order valence-electron chi connectivity index (χ0n) is 10.0. The number of rotatable bonds is 6. The van der Waals surface area contributed by atoms with Crippen molar-refractivity contribution < 1.29 is 22.6 Å². The van der Waals surface area contributed by atoms with Gasteiger partial charge in [0.15, 0.2) is 0 Å². The third-order valence-electron chi connectivity index (χ3n) is 2.10. The van der Waals surface area contributed by atoms with Crippen molar-refractivity contribution in [2.24, 2.45) is 5.73 Å². The predicted octanol–water partition coefficient (Wildman–Crippen LogP) is 2.49. The highest BCUT2D eigenvalue weighted by atomic mass is 19.4. The van der Waals surface area contributed by atoms with E-state index in [1.54, 1.807) is 12.1 Å². The van der Waals surface area contributed by atoms with E-state index in [1.165, 1.54) is 0 Å². The fourth-order valence-corrected chi connectivity index (χ4v) is 1.41. The maximum atomic E-state index is 11.7. The molecule has 0 aliphatic rings. The number of ether oxygens (including phenoxy) is 2. The molecule has 18 heavy (non-hydrogen) atoms. The molecule has 0 saturated carbocycles. The fourth-order valence-electron chi connectivity index (χ4n) is 1.41. The van der Waals surface area contributed by atoms with Crippen LogP contribution in [-0.2, 0) is 11.2 Å². The lowest BCUT2D eigenvalue weighted by atomic mass is 10.1. The first-order valence-corrected chi connectivity index (χ1v) is 5.55. The normalized spacial score (nSPS) is 13.4. The molecular weight excluding hydrogens is 247 g/mol. The Balaban J connectivity index is 2.31. The van der Waals surface area contributed by atoms with Crippen molar-refractivity contribution in [1.29, 1.82) is 0 Å². The molecule has 1 unspecified atom stereocenters. The lowest BCUT2D eigenvalue weighted by molar-refractivity contribution is -0.325. The van der Waals surface area contributed by atoms with E-state index in [9.17, 15) is 13.2 Å². The molecule has 0 spiro atoms. The van der Waals surface area contributed by atoms with Crippen molar-refractivity contribution >= 4 is 0 Å². The number of hydrogen-bond acceptors (Lipinski definition) is 3. The summed E-state index contributed by atoms with van der Waals surface area (Å²) < 4.78 is 43.7. The van der Waals surface area contributed by atoms with Crippen LogP contribution in [0.15, 0.2) is 24.3 Å². The average molecular weight is 263 g/mol. The monoisotopic (exact) mass is 263 g/mol. The van der Waals surface area contributed by atoms with Crippen LogP contribution in [0, 0.1) is 0 Å². The highest BCUT2D eigenvalue weighted by Crippen LogP contribution is 2.16. The summed E-state index contributed by atoms with van der Waals surface area (Å²) >= 11 is 0. The number of hydrogen-bond donors (Lipinski definition) is 1. The van der Waals surface area contributed by atoms with Crippen LogP contribution in [0.25, 0.3) is 0 Å². The number of nitrogens with two attached hydrogens (primary N) is 1. The molecule has 3 nitrogen and oxygen atoms in total. The topological polar surface area (TPSA) is 44.5 Å². The Morgan fingerprint density at radius 2 is 1.78 bits per heavy atom. The average Bonchev–Trinajstić information content (AvgIpc) is 2.24. The van der Waals surface area contributed by atoms with Gasteiger partial charge in [-0.15, -0.1) is 13.2 Å². The highest BCUT2D eigenvalue weighted by Gasteiger charge is 2.28. The zero-order chi connectivity index (χ0) is 13.6. The molecule has 1 aromatic rings. The molecule has 0 saturated heterocycles. The summed E-state index contributed by atoms with van der Waals surface area (Å²) in [6.07, 6.45) is -3.86. The molecule has 1 rings (SSSR count). The van der Waals surface area contributed by atoms with Gasteiger partial charge in [0, 0.05) is 6.04 Å². The van der Waals surface area contributed by atoms with Crippen molar-refractivity contribution in [3.63, 3.8) is 0 Å². The minimum absolute atomic E-state index is 0.0666. The molecule has 1 aromatic carbocycles. The second kappa shape index (κ2) is 6.61. The standard InChI is InChI=1S/C12H16F3NO2/c1-9(16)8-10-2-4-11(5-3-10)17-6-7-18-12(13,14)15/h2-5,9H,6-8,16H2,1H3. The molecule has 0 aromatic heterocycles. The largest absolute Gasteiger partial charge is 0.522 e. The molecule has 0 bridgehead atoms. The lowest BCUT2D eigenvalue weighted by Crippen LogP contribution is -2.18. The molecule has 0 heterocycles. The summed E-state index contributed by atoms with van der Waals surface area (Å²) in [6, 6.07) is 7.14. The smallest absolute Gasteiger partial charge is 0.491 e. The molecule has 0 amide bonds. The Bertz CT molecular complexity index is 349. The summed E-state index contributed by atoms with van der Waals surface area (Å²) in [7, 11) is 0. The third-order valence-corrected chi connectivity index (χ3v) is 2.10. The quantitative estimate of drug-likeness (QED) is 0.802. The van der Waals surface area contributed by atoms with E-state index >= 15 is 0 Å².